The summed E-state index contributed by atoms with van der Waals surface area (Å²) < 4.78 is 0. The number of benzene rings is 1. The number of nitrogens with one attached hydrogen (secondary N) is 1. The molecule has 1 amide bonds. The summed E-state index contributed by atoms with van der Waals surface area (Å²) in [6, 6.07) is 6.77. The van der Waals surface area contributed by atoms with E-state index >= 15 is 0 Å². The van der Waals surface area contributed by atoms with E-state index in [-0.39, 0.29) is 17.3 Å². The van der Waals surface area contributed by atoms with Crippen molar-refractivity contribution in [3.05, 3.63) is 29.8 Å². The van der Waals surface area contributed by atoms with Gasteiger partial charge in [0.1, 0.15) is 12.1 Å². The van der Waals surface area contributed by atoms with E-state index in [2.05, 4.69) is 5.32 Å². The molecule has 2 unspecified atom stereocenters. The first-order valence-electron chi connectivity index (χ1n) is 7.13. The first-order chi connectivity index (χ1) is 10.1. The topological polar surface area (TPSA) is 69.6 Å². The second kappa shape index (κ2) is 5.60. The zero-order valence-corrected chi connectivity index (χ0v) is 12.6. The van der Waals surface area contributed by atoms with Crippen LogP contribution >= 0.6 is 11.8 Å². The Hall–Kier alpha value is -1.69. The fourth-order valence-corrected chi connectivity index (χ4v) is 4.35. The van der Waals surface area contributed by atoms with Crippen molar-refractivity contribution < 1.29 is 14.7 Å². The number of para-hydroxylation sites is 1. The van der Waals surface area contributed by atoms with Crippen LogP contribution < -0.4 is 5.32 Å². The molecule has 0 spiro atoms. The molecule has 112 valence electrons. The molecule has 2 heterocycles. The third-order valence-electron chi connectivity index (χ3n) is 4.05. The summed E-state index contributed by atoms with van der Waals surface area (Å²) in [6.45, 7) is 1.99. The zero-order chi connectivity index (χ0) is 15.0. The number of carbonyl (C=O) groups excluding carboxylic acids is 1. The fraction of sp³-hybridized carbons (Fsp3) is 0.467. The van der Waals surface area contributed by atoms with Gasteiger partial charge in [-0.25, -0.2) is 4.79 Å². The van der Waals surface area contributed by atoms with Gasteiger partial charge in [0.05, 0.1) is 5.37 Å². The van der Waals surface area contributed by atoms with Gasteiger partial charge in [-0.15, -0.1) is 11.8 Å². The highest BCUT2D eigenvalue weighted by Crippen LogP contribution is 2.34. The predicted molar refractivity (Wildman–Crippen MR) is 82.4 cm³/mol. The molecule has 3 atom stereocenters. The summed E-state index contributed by atoms with van der Waals surface area (Å²) >= 11 is 1.55. The van der Waals surface area contributed by atoms with Crippen LogP contribution in [0, 0.1) is 0 Å². The number of nitrogens with zero attached hydrogens (tertiary/aromatic N) is 1. The smallest absolute Gasteiger partial charge is 0.327 e. The molecule has 2 aliphatic heterocycles. The molecule has 2 N–H and O–H groups in total. The Bertz CT molecular complexity index is 553. The second-order valence-electron chi connectivity index (χ2n) is 5.35. The monoisotopic (exact) mass is 306 g/mol. The maximum absolute atomic E-state index is 12.8. The number of hydrogen-bond acceptors (Lipinski definition) is 4. The van der Waals surface area contributed by atoms with Gasteiger partial charge < -0.3 is 15.3 Å². The largest absolute Gasteiger partial charge is 0.480 e. The van der Waals surface area contributed by atoms with Crippen molar-refractivity contribution in [3.8, 4) is 0 Å². The average Bonchev–Trinajstić information content (AvgIpc) is 3.09. The van der Waals surface area contributed by atoms with Crippen LogP contribution in [0.5, 0.6) is 0 Å². The Labute approximate surface area is 127 Å². The second-order valence-corrected chi connectivity index (χ2v) is 6.56. The van der Waals surface area contributed by atoms with Gasteiger partial charge in [-0.05, 0) is 18.1 Å². The molecular formula is C15H18N2O3S. The molecule has 0 aromatic heterocycles. The van der Waals surface area contributed by atoms with Crippen LogP contribution in [0.3, 0.4) is 0 Å². The highest BCUT2D eigenvalue weighted by atomic mass is 32.2. The lowest BCUT2D eigenvalue weighted by atomic mass is 10.1. The van der Waals surface area contributed by atoms with Crippen molar-refractivity contribution in [1.82, 2.24) is 4.90 Å². The molecule has 3 rings (SSSR count). The summed E-state index contributed by atoms with van der Waals surface area (Å²) in [5.41, 5.74) is 2.09. The Morgan fingerprint density at radius 2 is 2.19 bits per heavy atom. The van der Waals surface area contributed by atoms with Gasteiger partial charge in [0.2, 0.25) is 5.91 Å². The number of carboxylic acids is 1. The van der Waals surface area contributed by atoms with E-state index in [0.717, 1.165) is 17.7 Å². The number of aliphatic carboxylic acids is 1. The molecule has 2 aliphatic rings. The van der Waals surface area contributed by atoms with Crippen LogP contribution in [0.4, 0.5) is 5.69 Å². The Balaban J connectivity index is 1.80. The van der Waals surface area contributed by atoms with Crippen molar-refractivity contribution in [2.24, 2.45) is 0 Å². The number of rotatable bonds is 3. The van der Waals surface area contributed by atoms with Gasteiger partial charge in [-0.3, -0.25) is 4.79 Å². The van der Waals surface area contributed by atoms with E-state index in [1.807, 2.05) is 31.2 Å². The van der Waals surface area contributed by atoms with E-state index in [4.69, 9.17) is 0 Å². The number of anilines is 1. The van der Waals surface area contributed by atoms with Crippen LogP contribution in [0.1, 0.15) is 18.9 Å². The van der Waals surface area contributed by atoms with Crippen LogP contribution in [0.25, 0.3) is 0 Å². The Morgan fingerprint density at radius 3 is 2.86 bits per heavy atom. The van der Waals surface area contributed by atoms with Crippen LogP contribution in [0.2, 0.25) is 0 Å². The number of carboxylic acid groups (broad SMARTS) is 1. The minimum absolute atomic E-state index is 0.0379. The molecule has 1 aromatic carbocycles. The third kappa shape index (κ3) is 2.48. The van der Waals surface area contributed by atoms with Crippen LogP contribution in [-0.4, -0.2) is 45.1 Å². The minimum Gasteiger partial charge on any atom is -0.480 e. The SMILES string of the molecule is CCC1SCC(C(=O)O)N1C(=O)[C@@H]1Cc2ccccc2N1. The lowest BCUT2D eigenvalue weighted by Gasteiger charge is -2.29. The molecule has 0 radical (unpaired) electrons. The van der Waals surface area contributed by atoms with Gasteiger partial charge in [0.15, 0.2) is 0 Å². The first kappa shape index (κ1) is 14.3. The summed E-state index contributed by atoms with van der Waals surface area (Å²) in [6.07, 6.45) is 1.39. The number of hydrogen-bond donors (Lipinski definition) is 2. The molecule has 1 saturated heterocycles. The van der Waals surface area contributed by atoms with Crippen molar-refractivity contribution >= 4 is 29.3 Å². The standard InChI is InChI=1S/C15H18N2O3S/c1-2-13-17(12(8-21-13)15(19)20)14(18)11-7-9-5-3-4-6-10(9)16-11/h3-6,11-13,16H,2,7-8H2,1H3,(H,19,20)/t11-,12?,13?/m0/s1. The first-order valence-corrected chi connectivity index (χ1v) is 8.17. The minimum atomic E-state index is -0.915. The average molecular weight is 306 g/mol. The van der Waals surface area contributed by atoms with Gasteiger partial charge in [-0.1, -0.05) is 25.1 Å². The lowest BCUT2D eigenvalue weighted by Crippen LogP contribution is -2.51. The summed E-state index contributed by atoms with van der Waals surface area (Å²) in [5, 5.41) is 12.5. The van der Waals surface area contributed by atoms with Crippen LogP contribution in [-0.2, 0) is 16.0 Å². The Morgan fingerprint density at radius 1 is 1.43 bits per heavy atom. The molecule has 1 fully saturated rings. The summed E-state index contributed by atoms with van der Waals surface area (Å²) in [5.74, 6) is -0.544. The van der Waals surface area contributed by atoms with Crippen molar-refractivity contribution in [2.45, 2.75) is 37.2 Å². The maximum atomic E-state index is 12.8. The maximum Gasteiger partial charge on any atom is 0.327 e. The Kier molecular flexibility index (Phi) is 3.80. The quantitative estimate of drug-likeness (QED) is 0.891. The van der Waals surface area contributed by atoms with E-state index in [9.17, 15) is 14.7 Å². The van der Waals surface area contributed by atoms with Crippen molar-refractivity contribution in [2.75, 3.05) is 11.1 Å². The van der Waals surface area contributed by atoms with Crippen molar-refractivity contribution in [1.29, 1.82) is 0 Å². The van der Waals surface area contributed by atoms with E-state index < -0.39 is 12.0 Å². The van der Waals surface area contributed by atoms with Gasteiger partial charge >= 0.3 is 5.97 Å². The highest BCUT2D eigenvalue weighted by molar-refractivity contribution is 8.00. The van der Waals surface area contributed by atoms with E-state index in [1.165, 1.54) is 0 Å². The highest BCUT2D eigenvalue weighted by Gasteiger charge is 2.43. The molecule has 6 heteroatoms. The molecule has 1 aromatic rings. The molecule has 0 aliphatic carbocycles. The zero-order valence-electron chi connectivity index (χ0n) is 11.8. The normalized spacial score (nSPS) is 27.3. The number of fused-ring (bicyclic) bond motifs is 1. The van der Waals surface area contributed by atoms with Gasteiger partial charge in [0, 0.05) is 17.9 Å². The molecular weight excluding hydrogens is 288 g/mol. The van der Waals surface area contributed by atoms with Gasteiger partial charge in [-0.2, -0.15) is 0 Å². The fourth-order valence-electron chi connectivity index (χ4n) is 2.99. The van der Waals surface area contributed by atoms with Crippen LogP contribution in [0.15, 0.2) is 24.3 Å². The number of amides is 1. The molecule has 0 bridgehead atoms. The van der Waals surface area contributed by atoms with Crippen molar-refractivity contribution in [3.63, 3.8) is 0 Å². The van der Waals surface area contributed by atoms with E-state index in [1.54, 1.807) is 16.7 Å². The van der Waals surface area contributed by atoms with Gasteiger partial charge in [0.25, 0.3) is 0 Å². The molecule has 5 nitrogen and oxygen atoms in total. The molecule has 0 saturated carbocycles. The third-order valence-corrected chi connectivity index (χ3v) is 5.50. The lowest BCUT2D eigenvalue weighted by molar-refractivity contribution is -0.149. The molecule has 21 heavy (non-hydrogen) atoms. The van der Waals surface area contributed by atoms with E-state index in [0.29, 0.717) is 12.2 Å². The summed E-state index contributed by atoms with van der Waals surface area (Å²) in [7, 11) is 0. The number of carbonyl (C=O) groups is 2. The predicted octanol–water partition coefficient (Wildman–Crippen LogP) is 1.79. The number of thioether (sulfide) groups is 1. The summed E-state index contributed by atoms with van der Waals surface area (Å²) in [4.78, 5) is 25.7.